The van der Waals surface area contributed by atoms with E-state index in [2.05, 4.69) is 10.3 Å². The molecule has 1 N–H and O–H groups in total. The average Bonchev–Trinajstić information content (AvgIpc) is 3.37. The molecule has 6 nitrogen and oxygen atoms in total. The van der Waals surface area contributed by atoms with Gasteiger partial charge in [-0.3, -0.25) is 14.4 Å². The van der Waals surface area contributed by atoms with Crippen molar-refractivity contribution in [2.45, 2.75) is 45.4 Å². The molecule has 0 aliphatic carbocycles. The number of amides is 1. The number of thiazole rings is 1. The molecule has 0 bridgehead atoms. The molecule has 1 saturated heterocycles. The Morgan fingerprint density at radius 2 is 1.84 bits per heavy atom. The molecule has 1 atom stereocenters. The van der Waals surface area contributed by atoms with E-state index < -0.39 is 50.9 Å². The number of halogens is 4. The van der Waals surface area contributed by atoms with Gasteiger partial charge >= 0.3 is 6.18 Å². The van der Waals surface area contributed by atoms with E-state index in [1.807, 2.05) is 0 Å². The molecule has 1 amide bonds. The molecule has 1 aromatic carbocycles. The number of alkyl halides is 3. The van der Waals surface area contributed by atoms with Gasteiger partial charge in [0.1, 0.15) is 16.8 Å². The molecular weight excluding hydrogens is 452 g/mol. The lowest BCUT2D eigenvalue weighted by Gasteiger charge is -2.23. The van der Waals surface area contributed by atoms with Crippen LogP contribution in [0.5, 0.6) is 0 Å². The standard InChI is InChI=1S/C21H20F4N2O4S/c1-20(2,10-13(28)14-4-3-9-31-14)18(30)27-19-26-17(21(23,24)25)16(32-19)15(29)11-5-7-12(22)8-6-11/h5-8,14H,3-4,9-10H2,1-2H3,(H,26,27,30). The van der Waals surface area contributed by atoms with E-state index in [1.54, 1.807) is 0 Å². The number of Topliss-reactive ketones (excluding diaryl/α,β-unsaturated/α-hetero) is 1. The molecule has 0 saturated carbocycles. The average molecular weight is 472 g/mol. The minimum absolute atomic E-state index is 0.152. The normalized spacial score (nSPS) is 16.8. The molecule has 1 aromatic heterocycles. The zero-order chi connectivity index (χ0) is 23.7. The molecule has 11 heteroatoms. The molecule has 172 valence electrons. The number of hydrogen-bond acceptors (Lipinski definition) is 6. The van der Waals surface area contributed by atoms with Crippen LogP contribution < -0.4 is 5.32 Å². The molecule has 1 fully saturated rings. The summed E-state index contributed by atoms with van der Waals surface area (Å²) >= 11 is 0.366. The number of benzene rings is 1. The Bertz CT molecular complexity index is 1030. The topological polar surface area (TPSA) is 85.4 Å². The van der Waals surface area contributed by atoms with Gasteiger partial charge in [-0.25, -0.2) is 9.37 Å². The highest BCUT2D eigenvalue weighted by Gasteiger charge is 2.41. The summed E-state index contributed by atoms with van der Waals surface area (Å²) in [5, 5.41) is 1.86. The van der Waals surface area contributed by atoms with Crippen LogP contribution in [-0.2, 0) is 20.5 Å². The Labute approximate surface area is 185 Å². The first-order chi connectivity index (χ1) is 14.9. The van der Waals surface area contributed by atoms with Crippen LogP contribution in [0.1, 0.15) is 54.0 Å². The maximum atomic E-state index is 13.5. The monoisotopic (exact) mass is 472 g/mol. The molecule has 32 heavy (non-hydrogen) atoms. The summed E-state index contributed by atoms with van der Waals surface area (Å²) in [5.74, 6) is -2.62. The van der Waals surface area contributed by atoms with Gasteiger partial charge in [-0.2, -0.15) is 13.2 Å². The minimum atomic E-state index is -4.95. The van der Waals surface area contributed by atoms with Crippen molar-refractivity contribution in [2.75, 3.05) is 11.9 Å². The van der Waals surface area contributed by atoms with E-state index >= 15 is 0 Å². The van der Waals surface area contributed by atoms with E-state index in [0.717, 1.165) is 30.7 Å². The largest absolute Gasteiger partial charge is 0.435 e. The molecule has 1 aliphatic heterocycles. The zero-order valence-corrected chi connectivity index (χ0v) is 18.0. The Hall–Kier alpha value is -2.66. The number of nitrogens with zero attached hydrogens (tertiary/aromatic N) is 1. The van der Waals surface area contributed by atoms with Crippen molar-refractivity contribution in [3.63, 3.8) is 0 Å². The molecule has 2 aromatic rings. The third-order valence-corrected chi connectivity index (χ3v) is 5.92. The van der Waals surface area contributed by atoms with E-state index in [1.165, 1.54) is 13.8 Å². The van der Waals surface area contributed by atoms with E-state index in [-0.39, 0.29) is 17.8 Å². The van der Waals surface area contributed by atoms with Gasteiger partial charge in [0.05, 0.1) is 5.41 Å². The van der Waals surface area contributed by atoms with Crippen molar-refractivity contribution in [2.24, 2.45) is 5.41 Å². The molecule has 0 spiro atoms. The number of ketones is 2. The summed E-state index contributed by atoms with van der Waals surface area (Å²) in [5.41, 5.74) is -2.84. The van der Waals surface area contributed by atoms with Crippen molar-refractivity contribution in [1.29, 1.82) is 0 Å². The van der Waals surface area contributed by atoms with Gasteiger partial charge in [-0.1, -0.05) is 25.2 Å². The highest BCUT2D eigenvalue weighted by molar-refractivity contribution is 7.18. The lowest BCUT2D eigenvalue weighted by Crippen LogP contribution is -2.35. The predicted molar refractivity (Wildman–Crippen MR) is 108 cm³/mol. The smallest absolute Gasteiger partial charge is 0.370 e. The predicted octanol–water partition coefficient (Wildman–Crippen LogP) is 4.63. The van der Waals surface area contributed by atoms with Gasteiger partial charge in [0.25, 0.3) is 0 Å². The summed E-state index contributed by atoms with van der Waals surface area (Å²) in [6.07, 6.45) is -4.39. The summed E-state index contributed by atoms with van der Waals surface area (Å²) in [4.78, 5) is 40.3. The second-order valence-corrected chi connectivity index (χ2v) is 9.01. The number of nitrogens with one attached hydrogen (secondary N) is 1. The maximum absolute atomic E-state index is 13.5. The van der Waals surface area contributed by atoms with Crippen LogP contribution in [0.2, 0.25) is 0 Å². The number of anilines is 1. The fourth-order valence-corrected chi connectivity index (χ4v) is 4.12. The lowest BCUT2D eigenvalue weighted by atomic mass is 9.84. The summed E-state index contributed by atoms with van der Waals surface area (Å²) in [7, 11) is 0. The third-order valence-electron chi connectivity index (χ3n) is 4.95. The quantitative estimate of drug-likeness (QED) is 0.469. The van der Waals surface area contributed by atoms with Crippen molar-refractivity contribution >= 4 is 33.9 Å². The summed E-state index contributed by atoms with van der Waals surface area (Å²) in [6, 6.07) is 4.04. The highest BCUT2D eigenvalue weighted by Crippen LogP contribution is 2.38. The SMILES string of the molecule is CC(C)(CC(=O)C1CCCO1)C(=O)Nc1nc(C(F)(F)F)c(C(=O)c2ccc(F)cc2)s1. The van der Waals surface area contributed by atoms with Crippen molar-refractivity contribution in [3.8, 4) is 0 Å². The first-order valence-electron chi connectivity index (χ1n) is 9.72. The fourth-order valence-electron chi connectivity index (χ4n) is 3.18. The first kappa shape index (κ1) is 24.0. The Kier molecular flexibility index (Phi) is 6.80. The van der Waals surface area contributed by atoms with Crippen LogP contribution in [-0.4, -0.2) is 35.2 Å². The summed E-state index contributed by atoms with van der Waals surface area (Å²) in [6.45, 7) is 3.43. The van der Waals surface area contributed by atoms with Gasteiger partial charge in [-0.05, 0) is 37.1 Å². The molecule has 0 radical (unpaired) electrons. The Balaban J connectivity index is 1.81. The number of rotatable bonds is 7. The lowest BCUT2D eigenvalue weighted by molar-refractivity contribution is -0.141. The van der Waals surface area contributed by atoms with Crippen molar-refractivity contribution in [3.05, 3.63) is 46.2 Å². The number of ether oxygens (including phenoxy) is 1. The summed E-state index contributed by atoms with van der Waals surface area (Å²) < 4.78 is 58.8. The second kappa shape index (κ2) is 9.07. The van der Waals surface area contributed by atoms with Gasteiger partial charge in [-0.15, -0.1) is 0 Å². The molecule has 2 heterocycles. The van der Waals surface area contributed by atoms with Crippen LogP contribution in [0.15, 0.2) is 24.3 Å². The van der Waals surface area contributed by atoms with Crippen molar-refractivity contribution in [1.82, 2.24) is 4.98 Å². The highest BCUT2D eigenvalue weighted by atomic mass is 32.1. The number of aromatic nitrogens is 1. The van der Waals surface area contributed by atoms with Gasteiger partial charge in [0, 0.05) is 18.6 Å². The molecular formula is C21H20F4N2O4S. The van der Waals surface area contributed by atoms with Crippen LogP contribution in [0.25, 0.3) is 0 Å². The van der Waals surface area contributed by atoms with E-state index in [4.69, 9.17) is 4.74 Å². The van der Waals surface area contributed by atoms with Gasteiger partial charge in [0.15, 0.2) is 16.6 Å². The minimum Gasteiger partial charge on any atom is -0.370 e. The second-order valence-electron chi connectivity index (χ2n) is 8.01. The number of carbonyl (C=O) groups excluding carboxylic acids is 3. The number of carbonyl (C=O) groups is 3. The van der Waals surface area contributed by atoms with Crippen LogP contribution >= 0.6 is 11.3 Å². The van der Waals surface area contributed by atoms with Crippen LogP contribution in [0, 0.1) is 11.2 Å². The molecule has 1 unspecified atom stereocenters. The van der Waals surface area contributed by atoms with E-state index in [0.29, 0.717) is 24.4 Å². The van der Waals surface area contributed by atoms with Crippen LogP contribution in [0.4, 0.5) is 22.7 Å². The number of hydrogen-bond donors (Lipinski definition) is 1. The molecule has 3 rings (SSSR count). The van der Waals surface area contributed by atoms with Gasteiger partial charge < -0.3 is 10.1 Å². The van der Waals surface area contributed by atoms with Crippen molar-refractivity contribution < 1.29 is 36.7 Å². The van der Waals surface area contributed by atoms with Gasteiger partial charge in [0.2, 0.25) is 11.7 Å². The maximum Gasteiger partial charge on any atom is 0.435 e. The molecule has 1 aliphatic rings. The third kappa shape index (κ3) is 5.39. The Morgan fingerprint density at radius 1 is 1.19 bits per heavy atom. The first-order valence-corrected chi connectivity index (χ1v) is 10.5. The van der Waals surface area contributed by atoms with Crippen LogP contribution in [0.3, 0.4) is 0 Å². The zero-order valence-electron chi connectivity index (χ0n) is 17.2. The fraction of sp³-hybridized carbons (Fsp3) is 0.429. The van der Waals surface area contributed by atoms with E-state index in [9.17, 15) is 31.9 Å². The Morgan fingerprint density at radius 3 is 2.41 bits per heavy atom.